The van der Waals surface area contributed by atoms with Crippen LogP contribution in [0.25, 0.3) is 0 Å². The zero-order valence-corrected chi connectivity index (χ0v) is 13.0. The van der Waals surface area contributed by atoms with E-state index < -0.39 is 17.4 Å². The first-order valence-corrected chi connectivity index (χ1v) is 7.53. The number of hydrogen-bond acceptors (Lipinski definition) is 5. The maximum absolute atomic E-state index is 12.1. The van der Waals surface area contributed by atoms with Gasteiger partial charge < -0.3 is 14.6 Å². The van der Waals surface area contributed by atoms with E-state index in [0.717, 1.165) is 6.42 Å². The van der Waals surface area contributed by atoms with Crippen LogP contribution in [0.2, 0.25) is 0 Å². The minimum Gasteiger partial charge on any atom is -0.550 e. The number of carboxylic acids is 1. The topological polar surface area (TPSA) is 83.5 Å². The van der Waals surface area contributed by atoms with Gasteiger partial charge >= 0.3 is 5.97 Å². The number of hydrogen-bond donors (Lipinski definition) is 0. The highest BCUT2D eigenvalue weighted by Crippen LogP contribution is 2.34. The Kier molecular flexibility index (Phi) is 8.63. The van der Waals surface area contributed by atoms with Crippen molar-refractivity contribution >= 4 is 33.7 Å². The maximum Gasteiger partial charge on any atom is 0.319 e. The molecule has 0 amide bonds. The van der Waals surface area contributed by atoms with E-state index in [0.29, 0.717) is 12.8 Å². The number of rotatable bonds is 10. The molecule has 6 heteroatoms. The summed E-state index contributed by atoms with van der Waals surface area (Å²) in [7, 11) is 0. The summed E-state index contributed by atoms with van der Waals surface area (Å²) in [5, 5.41) is 10.6. The lowest BCUT2D eigenvalue weighted by Gasteiger charge is -2.29. The van der Waals surface area contributed by atoms with Gasteiger partial charge in [-0.05, 0) is 26.2 Å². The molecule has 1 atom stereocenters. The molecule has 0 radical (unpaired) electrons. The van der Waals surface area contributed by atoms with E-state index in [-0.39, 0.29) is 30.6 Å². The molecule has 0 fully saturated rings. The van der Waals surface area contributed by atoms with Gasteiger partial charge in [0, 0.05) is 5.97 Å². The SMILES string of the molecule is CCCC[C@](CCC(=O)[O-])(C(=O)CBr)C(=O)OCC. The number of esters is 1. The smallest absolute Gasteiger partial charge is 0.319 e. The van der Waals surface area contributed by atoms with E-state index in [4.69, 9.17) is 4.74 Å². The summed E-state index contributed by atoms with van der Waals surface area (Å²) >= 11 is 3.05. The monoisotopic (exact) mass is 335 g/mol. The second kappa shape index (κ2) is 9.07. The number of carbonyl (C=O) groups excluding carboxylic acids is 3. The molecule has 0 aromatic heterocycles. The molecular weight excluding hydrogens is 316 g/mol. The van der Waals surface area contributed by atoms with Crippen molar-refractivity contribution in [3.63, 3.8) is 0 Å². The van der Waals surface area contributed by atoms with Gasteiger partial charge in [0.1, 0.15) is 5.41 Å². The highest BCUT2D eigenvalue weighted by Gasteiger charge is 2.45. The Hall–Kier alpha value is -0.910. The van der Waals surface area contributed by atoms with Gasteiger partial charge in [-0.15, -0.1) is 0 Å². The third kappa shape index (κ3) is 5.30. The van der Waals surface area contributed by atoms with Gasteiger partial charge in [-0.1, -0.05) is 35.7 Å². The van der Waals surface area contributed by atoms with Gasteiger partial charge in [-0.25, -0.2) is 0 Å². The quantitative estimate of drug-likeness (QED) is 0.340. The molecule has 110 valence electrons. The highest BCUT2D eigenvalue weighted by molar-refractivity contribution is 9.09. The van der Waals surface area contributed by atoms with Gasteiger partial charge in [-0.3, -0.25) is 9.59 Å². The number of carbonyl (C=O) groups is 3. The van der Waals surface area contributed by atoms with Crippen LogP contribution in [0.4, 0.5) is 0 Å². The van der Waals surface area contributed by atoms with E-state index in [1.165, 1.54) is 0 Å². The summed E-state index contributed by atoms with van der Waals surface area (Å²) in [5.41, 5.74) is -1.37. The Morgan fingerprint density at radius 2 is 1.84 bits per heavy atom. The van der Waals surface area contributed by atoms with Gasteiger partial charge in [0.15, 0.2) is 5.78 Å². The average molecular weight is 336 g/mol. The number of ether oxygens (including phenoxy) is 1. The summed E-state index contributed by atoms with van der Waals surface area (Å²) in [6.45, 7) is 3.75. The predicted octanol–water partition coefficient (Wildman–Crippen LogP) is 1.22. The molecule has 0 aromatic carbocycles. The molecule has 0 saturated heterocycles. The highest BCUT2D eigenvalue weighted by atomic mass is 79.9. The number of Topliss-reactive ketones (excluding diaryl/α,β-unsaturated/α-hetero) is 1. The Balaban J connectivity index is 5.23. The first-order chi connectivity index (χ1) is 8.94. The molecule has 0 aliphatic rings. The van der Waals surface area contributed by atoms with Crippen LogP contribution in [-0.2, 0) is 19.1 Å². The lowest BCUT2D eigenvalue weighted by atomic mass is 9.75. The molecule has 19 heavy (non-hydrogen) atoms. The lowest BCUT2D eigenvalue weighted by molar-refractivity contribution is -0.306. The third-order valence-corrected chi connectivity index (χ3v) is 3.54. The largest absolute Gasteiger partial charge is 0.550 e. The van der Waals surface area contributed by atoms with Crippen LogP contribution >= 0.6 is 15.9 Å². The summed E-state index contributed by atoms with van der Waals surface area (Å²) in [4.78, 5) is 34.8. The first kappa shape index (κ1) is 18.1. The van der Waals surface area contributed by atoms with Crippen molar-refractivity contribution in [2.24, 2.45) is 5.41 Å². The number of unbranched alkanes of at least 4 members (excludes halogenated alkanes) is 1. The van der Waals surface area contributed by atoms with Crippen molar-refractivity contribution in [1.82, 2.24) is 0 Å². The summed E-state index contributed by atoms with van der Waals surface area (Å²) in [5.74, 6) is -2.23. The van der Waals surface area contributed by atoms with Crippen LogP contribution in [-0.4, -0.2) is 29.7 Å². The molecule has 0 spiro atoms. The van der Waals surface area contributed by atoms with Gasteiger partial charge in [0.05, 0.1) is 11.9 Å². The van der Waals surface area contributed by atoms with Crippen molar-refractivity contribution in [2.75, 3.05) is 11.9 Å². The van der Waals surface area contributed by atoms with E-state index in [2.05, 4.69) is 15.9 Å². The lowest BCUT2D eigenvalue weighted by Crippen LogP contribution is -2.43. The Labute approximate surface area is 121 Å². The van der Waals surface area contributed by atoms with Crippen LogP contribution in [0, 0.1) is 5.41 Å². The Morgan fingerprint density at radius 1 is 1.21 bits per heavy atom. The van der Waals surface area contributed by atoms with E-state index >= 15 is 0 Å². The summed E-state index contributed by atoms with van der Waals surface area (Å²) in [6, 6.07) is 0. The van der Waals surface area contributed by atoms with Gasteiger partial charge in [0.25, 0.3) is 0 Å². The van der Waals surface area contributed by atoms with Crippen LogP contribution in [0.1, 0.15) is 46.0 Å². The standard InChI is InChI=1S/C13H21BrO5/c1-3-5-7-13(10(15)9-14,8-6-11(16)17)12(18)19-4-2/h3-9H2,1-2H3,(H,16,17)/p-1/t13-/m0/s1. The van der Waals surface area contributed by atoms with Crippen LogP contribution in [0.3, 0.4) is 0 Å². The van der Waals surface area contributed by atoms with Gasteiger partial charge in [0.2, 0.25) is 0 Å². The molecule has 0 N–H and O–H groups in total. The molecule has 0 bridgehead atoms. The molecule has 0 aliphatic carbocycles. The van der Waals surface area contributed by atoms with Crippen molar-refractivity contribution in [3.05, 3.63) is 0 Å². The maximum atomic E-state index is 12.1. The van der Waals surface area contributed by atoms with E-state index in [9.17, 15) is 19.5 Å². The molecule has 0 rings (SSSR count). The van der Waals surface area contributed by atoms with Crippen LogP contribution in [0.15, 0.2) is 0 Å². The predicted molar refractivity (Wildman–Crippen MR) is 71.6 cm³/mol. The van der Waals surface area contributed by atoms with Crippen molar-refractivity contribution in [1.29, 1.82) is 0 Å². The molecule has 5 nitrogen and oxygen atoms in total. The molecule has 0 heterocycles. The zero-order chi connectivity index (χ0) is 14.9. The van der Waals surface area contributed by atoms with Gasteiger partial charge in [-0.2, -0.15) is 0 Å². The second-order valence-electron chi connectivity index (χ2n) is 4.33. The normalized spacial score (nSPS) is 13.6. The molecule has 0 saturated carbocycles. The minimum absolute atomic E-state index is 0.00256. The number of halogens is 1. The van der Waals surface area contributed by atoms with Crippen LogP contribution < -0.4 is 5.11 Å². The van der Waals surface area contributed by atoms with E-state index in [1.807, 2.05) is 6.92 Å². The molecular formula is C13H20BrO5-. The Morgan fingerprint density at radius 3 is 2.26 bits per heavy atom. The number of alkyl halides is 1. The molecule has 0 aromatic rings. The zero-order valence-electron chi connectivity index (χ0n) is 11.4. The Bertz CT molecular complexity index is 329. The van der Waals surface area contributed by atoms with Crippen molar-refractivity contribution < 1.29 is 24.2 Å². The fourth-order valence-corrected chi connectivity index (χ4v) is 2.45. The summed E-state index contributed by atoms with van der Waals surface area (Å²) < 4.78 is 4.97. The van der Waals surface area contributed by atoms with Crippen LogP contribution in [0.5, 0.6) is 0 Å². The number of aliphatic carboxylic acids is 1. The van der Waals surface area contributed by atoms with Crippen molar-refractivity contribution in [2.45, 2.75) is 46.0 Å². The minimum atomic E-state index is -1.37. The first-order valence-electron chi connectivity index (χ1n) is 6.40. The number of carboxylic acid groups (broad SMARTS) is 1. The number of ketones is 1. The van der Waals surface area contributed by atoms with E-state index in [1.54, 1.807) is 6.92 Å². The average Bonchev–Trinajstić information content (AvgIpc) is 2.38. The molecule has 0 unspecified atom stereocenters. The fraction of sp³-hybridized carbons (Fsp3) is 0.769. The van der Waals surface area contributed by atoms with Crippen molar-refractivity contribution in [3.8, 4) is 0 Å². The third-order valence-electron chi connectivity index (χ3n) is 3.03. The fourth-order valence-electron chi connectivity index (χ4n) is 1.91. The second-order valence-corrected chi connectivity index (χ2v) is 4.90. The molecule has 0 aliphatic heterocycles. The summed E-state index contributed by atoms with van der Waals surface area (Å²) in [6.07, 6.45) is 1.37.